The minimum atomic E-state index is -0.418. The molecule has 0 fully saturated rings. The fourth-order valence-corrected chi connectivity index (χ4v) is 2.94. The summed E-state index contributed by atoms with van der Waals surface area (Å²) in [6, 6.07) is 19.8. The van der Waals surface area contributed by atoms with Crippen molar-refractivity contribution >= 4 is 22.5 Å². The molecule has 3 aromatic carbocycles. The zero-order valence-corrected chi connectivity index (χ0v) is 14.8. The van der Waals surface area contributed by atoms with E-state index < -0.39 is 4.92 Å². The number of nitrogens with two attached hydrogens (primary N) is 1. The molecule has 4 aromatic rings. The number of nitro groups is 1. The summed E-state index contributed by atoms with van der Waals surface area (Å²) in [6.07, 6.45) is 1.62. The Morgan fingerprint density at radius 3 is 2.64 bits per heavy atom. The van der Waals surface area contributed by atoms with Crippen molar-refractivity contribution in [2.45, 2.75) is 6.61 Å². The Balaban J connectivity index is 1.81. The zero-order chi connectivity index (χ0) is 19.5. The second-order valence-electron chi connectivity index (χ2n) is 6.22. The fraction of sp³-hybridized carbons (Fsp3) is 0.0476. The van der Waals surface area contributed by atoms with E-state index in [9.17, 15) is 10.1 Å². The summed E-state index contributed by atoms with van der Waals surface area (Å²) in [4.78, 5) is 19.0. The van der Waals surface area contributed by atoms with E-state index >= 15 is 0 Å². The first-order valence-electron chi connectivity index (χ1n) is 8.58. The molecule has 1 aromatic heterocycles. The van der Waals surface area contributed by atoms with Crippen LogP contribution < -0.4 is 10.5 Å². The molecule has 0 saturated carbocycles. The summed E-state index contributed by atoms with van der Waals surface area (Å²) in [6.45, 7) is 0.356. The van der Waals surface area contributed by atoms with E-state index in [1.54, 1.807) is 18.3 Å². The molecule has 4 rings (SSSR count). The van der Waals surface area contributed by atoms with Crippen LogP contribution in [0.5, 0.6) is 5.75 Å². The lowest BCUT2D eigenvalue weighted by Crippen LogP contribution is -1.99. The number of hydrogen-bond acceptors (Lipinski definition) is 6. The van der Waals surface area contributed by atoms with Crippen LogP contribution in [0.15, 0.2) is 72.9 Å². The third kappa shape index (κ3) is 3.59. The average molecular weight is 372 g/mol. The van der Waals surface area contributed by atoms with Gasteiger partial charge in [0.15, 0.2) is 0 Å². The molecule has 0 aliphatic carbocycles. The van der Waals surface area contributed by atoms with Crippen LogP contribution in [0.3, 0.4) is 0 Å². The van der Waals surface area contributed by atoms with Crippen molar-refractivity contribution in [1.29, 1.82) is 0 Å². The molecule has 28 heavy (non-hydrogen) atoms. The minimum absolute atomic E-state index is 0.0140. The van der Waals surface area contributed by atoms with E-state index in [0.717, 1.165) is 16.5 Å². The smallest absolute Gasteiger partial charge is 0.270 e. The maximum absolute atomic E-state index is 11.2. The molecule has 0 atom stereocenters. The van der Waals surface area contributed by atoms with Gasteiger partial charge in [-0.15, -0.1) is 0 Å². The highest BCUT2D eigenvalue weighted by Gasteiger charge is 2.14. The first kappa shape index (κ1) is 17.4. The van der Waals surface area contributed by atoms with Crippen LogP contribution in [0.2, 0.25) is 0 Å². The second-order valence-corrected chi connectivity index (χ2v) is 6.22. The highest BCUT2D eigenvalue weighted by Crippen LogP contribution is 2.35. The van der Waals surface area contributed by atoms with Gasteiger partial charge in [0.1, 0.15) is 12.4 Å². The monoisotopic (exact) mass is 372 g/mol. The molecule has 0 radical (unpaired) electrons. The summed E-state index contributed by atoms with van der Waals surface area (Å²) in [5.74, 6) is 0.736. The van der Waals surface area contributed by atoms with Gasteiger partial charge in [-0.05, 0) is 17.2 Å². The van der Waals surface area contributed by atoms with Gasteiger partial charge in [0.25, 0.3) is 5.69 Å². The molecule has 0 unspecified atom stereocenters. The van der Waals surface area contributed by atoms with Crippen LogP contribution in [0.1, 0.15) is 5.56 Å². The lowest BCUT2D eigenvalue weighted by molar-refractivity contribution is -0.384. The molecule has 7 nitrogen and oxygen atoms in total. The second kappa shape index (κ2) is 7.32. The normalized spacial score (nSPS) is 10.7. The Morgan fingerprint density at radius 2 is 1.86 bits per heavy atom. The number of non-ortho nitro benzene ring substituents is 1. The van der Waals surface area contributed by atoms with E-state index in [1.165, 1.54) is 12.1 Å². The van der Waals surface area contributed by atoms with Gasteiger partial charge < -0.3 is 10.5 Å². The number of nitro benzene ring substituents is 1. The Kier molecular flexibility index (Phi) is 4.55. The molecule has 0 aliphatic rings. The van der Waals surface area contributed by atoms with Crippen LogP contribution in [0, 0.1) is 10.1 Å². The van der Waals surface area contributed by atoms with Crippen LogP contribution in [-0.4, -0.2) is 14.9 Å². The summed E-state index contributed by atoms with van der Waals surface area (Å²) in [5, 5.41) is 11.9. The number of nitrogens with zero attached hydrogens (tertiary/aromatic N) is 3. The molecule has 0 aliphatic heterocycles. The highest BCUT2D eigenvalue weighted by molar-refractivity contribution is 5.88. The van der Waals surface area contributed by atoms with Gasteiger partial charge in [-0.25, -0.2) is 9.97 Å². The van der Waals surface area contributed by atoms with Gasteiger partial charge >= 0.3 is 0 Å². The average Bonchev–Trinajstić information content (AvgIpc) is 2.72. The van der Waals surface area contributed by atoms with Crippen LogP contribution >= 0.6 is 0 Å². The van der Waals surface area contributed by atoms with Crippen LogP contribution in [0.4, 0.5) is 11.6 Å². The van der Waals surface area contributed by atoms with Gasteiger partial charge in [0, 0.05) is 35.3 Å². The van der Waals surface area contributed by atoms with Gasteiger partial charge in [0.2, 0.25) is 5.95 Å². The largest absolute Gasteiger partial charge is 0.488 e. The topological polar surface area (TPSA) is 104 Å². The summed E-state index contributed by atoms with van der Waals surface area (Å²) >= 11 is 0. The molecule has 0 spiro atoms. The third-order valence-corrected chi connectivity index (χ3v) is 4.30. The Labute approximate surface area is 160 Å². The van der Waals surface area contributed by atoms with Gasteiger partial charge in [0.05, 0.1) is 10.4 Å². The van der Waals surface area contributed by atoms with Crippen molar-refractivity contribution < 1.29 is 9.66 Å². The minimum Gasteiger partial charge on any atom is -0.488 e. The fourth-order valence-electron chi connectivity index (χ4n) is 2.94. The zero-order valence-electron chi connectivity index (χ0n) is 14.8. The number of aromatic nitrogens is 2. The molecule has 0 amide bonds. The van der Waals surface area contributed by atoms with E-state index in [0.29, 0.717) is 23.4 Å². The number of benzene rings is 3. The molecule has 0 bridgehead atoms. The van der Waals surface area contributed by atoms with Crippen LogP contribution in [-0.2, 0) is 6.61 Å². The maximum atomic E-state index is 11.2. The maximum Gasteiger partial charge on any atom is 0.270 e. The summed E-state index contributed by atoms with van der Waals surface area (Å²) < 4.78 is 6.05. The van der Waals surface area contributed by atoms with Gasteiger partial charge in [-0.3, -0.25) is 10.1 Å². The van der Waals surface area contributed by atoms with Crippen molar-refractivity contribution in [3.05, 3.63) is 88.6 Å². The summed E-state index contributed by atoms with van der Waals surface area (Å²) in [7, 11) is 0. The van der Waals surface area contributed by atoms with E-state index in [-0.39, 0.29) is 11.6 Å². The van der Waals surface area contributed by atoms with Gasteiger partial charge in [-0.2, -0.15) is 0 Å². The predicted octanol–water partition coefficient (Wildman–Crippen LogP) is 4.37. The number of hydrogen-bond donors (Lipinski definition) is 1. The number of fused-ring (bicyclic) bond motifs is 1. The number of anilines is 1. The first-order valence-corrected chi connectivity index (χ1v) is 8.58. The third-order valence-electron chi connectivity index (χ3n) is 4.30. The lowest BCUT2D eigenvalue weighted by Gasteiger charge is -2.13. The molecular formula is C21H16N4O3. The molecule has 138 valence electrons. The van der Waals surface area contributed by atoms with Crippen LogP contribution in [0.25, 0.3) is 22.0 Å². The molecule has 1 heterocycles. The van der Waals surface area contributed by atoms with Crippen molar-refractivity contribution in [3.8, 4) is 16.9 Å². The lowest BCUT2D eigenvalue weighted by atomic mass is 10.0. The quantitative estimate of drug-likeness (QED) is 0.412. The molecular weight excluding hydrogens is 356 g/mol. The Bertz CT molecular complexity index is 1160. The Morgan fingerprint density at radius 1 is 1.04 bits per heavy atom. The molecule has 0 saturated heterocycles. The number of rotatable bonds is 5. The predicted molar refractivity (Wildman–Crippen MR) is 107 cm³/mol. The first-order chi connectivity index (χ1) is 13.6. The van der Waals surface area contributed by atoms with E-state index in [4.69, 9.17) is 10.5 Å². The van der Waals surface area contributed by atoms with E-state index in [2.05, 4.69) is 9.97 Å². The van der Waals surface area contributed by atoms with Gasteiger partial charge in [-0.1, -0.05) is 42.5 Å². The highest BCUT2D eigenvalue weighted by atomic mass is 16.6. The summed E-state index contributed by atoms with van der Waals surface area (Å²) in [5.41, 5.74) is 8.77. The number of nitrogen functional groups attached to an aromatic ring is 1. The van der Waals surface area contributed by atoms with Crippen molar-refractivity contribution in [1.82, 2.24) is 9.97 Å². The van der Waals surface area contributed by atoms with Crippen molar-refractivity contribution in [2.24, 2.45) is 0 Å². The van der Waals surface area contributed by atoms with Crippen molar-refractivity contribution in [3.63, 3.8) is 0 Å². The Hall–Kier alpha value is -4.00. The van der Waals surface area contributed by atoms with Crippen molar-refractivity contribution in [2.75, 3.05) is 5.73 Å². The number of ether oxygens (including phenoxy) is 1. The molecule has 7 heteroatoms. The SMILES string of the molecule is Nc1ncc2cc(-c3cccc([N+](=O)[O-])c3)c(OCc3ccccc3)cc2n1. The standard InChI is InChI=1S/C21H16N4O3/c22-21-23-12-16-10-18(15-7-4-8-17(9-15)25(26)27)20(11-19(16)24-21)28-13-14-5-2-1-3-6-14/h1-12H,13H2,(H2,22,23,24). The molecule has 2 N–H and O–H groups in total. The van der Waals surface area contributed by atoms with E-state index in [1.807, 2.05) is 42.5 Å².